The number of ether oxygens (including phenoxy) is 1. The topological polar surface area (TPSA) is 58.6 Å². The van der Waals surface area contributed by atoms with E-state index in [9.17, 15) is 9.90 Å². The van der Waals surface area contributed by atoms with E-state index >= 15 is 0 Å². The molecule has 1 aliphatic heterocycles. The van der Waals surface area contributed by atoms with E-state index in [0.29, 0.717) is 6.42 Å². The molecule has 1 aliphatic rings. The largest absolute Gasteiger partial charge is 0.391 e. The standard InChI is InChI=1S/C12H23NO3/c1-9(14)12(2,3)13-11(15)7-6-10-5-4-8-16-10/h9-10,14H,4-8H2,1-3H3,(H,13,15). The van der Waals surface area contributed by atoms with Crippen molar-refractivity contribution in [2.45, 2.75) is 64.2 Å². The molecular formula is C12H23NO3. The molecule has 0 aromatic rings. The van der Waals surface area contributed by atoms with E-state index in [1.165, 1.54) is 0 Å². The van der Waals surface area contributed by atoms with Crippen molar-refractivity contribution in [1.29, 1.82) is 0 Å². The normalized spacial score (nSPS) is 23.1. The number of carbonyl (C=O) groups is 1. The van der Waals surface area contributed by atoms with Crippen LogP contribution < -0.4 is 5.32 Å². The first-order valence-electron chi connectivity index (χ1n) is 6.02. The molecule has 16 heavy (non-hydrogen) atoms. The molecule has 2 unspecified atom stereocenters. The SMILES string of the molecule is CC(O)C(C)(C)NC(=O)CCC1CCCO1. The summed E-state index contributed by atoms with van der Waals surface area (Å²) in [6.45, 7) is 6.15. The lowest BCUT2D eigenvalue weighted by molar-refractivity contribution is -0.124. The third-order valence-corrected chi connectivity index (χ3v) is 3.22. The molecule has 0 radical (unpaired) electrons. The summed E-state index contributed by atoms with van der Waals surface area (Å²) in [7, 11) is 0. The van der Waals surface area contributed by atoms with E-state index in [4.69, 9.17) is 4.74 Å². The van der Waals surface area contributed by atoms with Gasteiger partial charge in [0.25, 0.3) is 0 Å². The van der Waals surface area contributed by atoms with E-state index < -0.39 is 11.6 Å². The average molecular weight is 229 g/mol. The molecule has 4 heteroatoms. The van der Waals surface area contributed by atoms with Crippen molar-refractivity contribution in [3.63, 3.8) is 0 Å². The van der Waals surface area contributed by atoms with Crippen LogP contribution in [-0.2, 0) is 9.53 Å². The number of amides is 1. The fraction of sp³-hybridized carbons (Fsp3) is 0.917. The summed E-state index contributed by atoms with van der Waals surface area (Å²) in [5.41, 5.74) is -0.562. The van der Waals surface area contributed by atoms with Gasteiger partial charge in [0.05, 0.1) is 17.7 Å². The molecule has 0 aromatic carbocycles. The van der Waals surface area contributed by atoms with Crippen LogP contribution in [-0.4, -0.2) is 35.4 Å². The van der Waals surface area contributed by atoms with Gasteiger partial charge in [0, 0.05) is 13.0 Å². The summed E-state index contributed by atoms with van der Waals surface area (Å²) in [6, 6.07) is 0. The lowest BCUT2D eigenvalue weighted by Gasteiger charge is -2.29. The Morgan fingerprint density at radius 3 is 2.81 bits per heavy atom. The maximum absolute atomic E-state index is 11.6. The van der Waals surface area contributed by atoms with E-state index in [1.54, 1.807) is 6.92 Å². The van der Waals surface area contributed by atoms with Crippen LogP contribution in [0.5, 0.6) is 0 Å². The Labute approximate surface area is 97.4 Å². The van der Waals surface area contributed by atoms with Crippen LogP contribution in [0.2, 0.25) is 0 Å². The zero-order chi connectivity index (χ0) is 12.2. The summed E-state index contributed by atoms with van der Waals surface area (Å²) < 4.78 is 5.45. The molecule has 0 bridgehead atoms. The number of hydrogen-bond donors (Lipinski definition) is 2. The minimum absolute atomic E-state index is 0.0126. The molecule has 1 saturated heterocycles. The van der Waals surface area contributed by atoms with Gasteiger partial charge in [-0.3, -0.25) is 4.79 Å². The maximum atomic E-state index is 11.6. The number of nitrogens with one attached hydrogen (secondary N) is 1. The second-order valence-electron chi connectivity index (χ2n) is 5.12. The quantitative estimate of drug-likeness (QED) is 0.745. The number of aliphatic hydroxyl groups excluding tert-OH is 1. The third-order valence-electron chi connectivity index (χ3n) is 3.22. The highest BCUT2D eigenvalue weighted by atomic mass is 16.5. The first kappa shape index (κ1) is 13.5. The van der Waals surface area contributed by atoms with E-state index in [1.807, 2.05) is 13.8 Å². The van der Waals surface area contributed by atoms with E-state index in [0.717, 1.165) is 25.9 Å². The highest BCUT2D eigenvalue weighted by molar-refractivity contribution is 5.76. The fourth-order valence-corrected chi connectivity index (χ4v) is 1.69. The molecule has 0 spiro atoms. The second kappa shape index (κ2) is 5.64. The van der Waals surface area contributed by atoms with E-state index in [2.05, 4.69) is 5.32 Å². The Balaban J connectivity index is 2.24. The van der Waals surface area contributed by atoms with Gasteiger partial charge in [-0.15, -0.1) is 0 Å². The lowest BCUT2D eigenvalue weighted by Crippen LogP contribution is -2.51. The molecule has 0 aliphatic carbocycles. The molecular weight excluding hydrogens is 206 g/mol. The zero-order valence-corrected chi connectivity index (χ0v) is 10.5. The summed E-state index contributed by atoms with van der Waals surface area (Å²) in [5.74, 6) is -0.0126. The van der Waals surface area contributed by atoms with Crippen molar-refractivity contribution in [3.8, 4) is 0 Å². The predicted molar refractivity (Wildman–Crippen MR) is 62.1 cm³/mol. The number of carbonyl (C=O) groups excluding carboxylic acids is 1. The minimum Gasteiger partial charge on any atom is -0.391 e. The molecule has 94 valence electrons. The fourth-order valence-electron chi connectivity index (χ4n) is 1.69. The van der Waals surface area contributed by atoms with Crippen LogP contribution in [0.1, 0.15) is 46.5 Å². The molecule has 4 nitrogen and oxygen atoms in total. The van der Waals surface area contributed by atoms with Crippen molar-refractivity contribution >= 4 is 5.91 Å². The number of aliphatic hydroxyl groups is 1. The van der Waals surface area contributed by atoms with Gasteiger partial charge < -0.3 is 15.2 Å². The Morgan fingerprint density at radius 1 is 1.62 bits per heavy atom. The molecule has 0 saturated carbocycles. The van der Waals surface area contributed by atoms with Gasteiger partial charge >= 0.3 is 0 Å². The van der Waals surface area contributed by atoms with Gasteiger partial charge in [-0.1, -0.05) is 0 Å². The summed E-state index contributed by atoms with van der Waals surface area (Å²) in [5, 5.41) is 12.3. The Morgan fingerprint density at radius 2 is 2.31 bits per heavy atom. The summed E-state index contributed by atoms with van der Waals surface area (Å²) in [4.78, 5) is 11.6. The molecule has 1 rings (SSSR count). The third kappa shape index (κ3) is 4.10. The van der Waals surface area contributed by atoms with Gasteiger partial charge in [0.2, 0.25) is 5.91 Å². The summed E-state index contributed by atoms with van der Waals surface area (Å²) in [6.07, 6.45) is 3.11. The molecule has 1 fully saturated rings. The highest BCUT2D eigenvalue weighted by Crippen LogP contribution is 2.17. The van der Waals surface area contributed by atoms with Crippen LogP contribution in [0.3, 0.4) is 0 Å². The molecule has 2 atom stereocenters. The zero-order valence-electron chi connectivity index (χ0n) is 10.5. The highest BCUT2D eigenvalue weighted by Gasteiger charge is 2.26. The van der Waals surface area contributed by atoms with Crippen molar-refractivity contribution in [2.24, 2.45) is 0 Å². The van der Waals surface area contributed by atoms with Gasteiger partial charge in [-0.25, -0.2) is 0 Å². The van der Waals surface area contributed by atoms with E-state index in [-0.39, 0.29) is 12.0 Å². The van der Waals surface area contributed by atoms with Crippen molar-refractivity contribution in [1.82, 2.24) is 5.32 Å². The van der Waals surface area contributed by atoms with Crippen LogP contribution in [0.15, 0.2) is 0 Å². The first-order chi connectivity index (χ1) is 7.42. The Hall–Kier alpha value is -0.610. The monoisotopic (exact) mass is 229 g/mol. The molecule has 1 heterocycles. The predicted octanol–water partition coefficient (Wildman–Crippen LogP) is 1.22. The lowest BCUT2D eigenvalue weighted by atomic mass is 9.98. The maximum Gasteiger partial charge on any atom is 0.220 e. The van der Waals surface area contributed by atoms with Crippen LogP contribution in [0, 0.1) is 0 Å². The summed E-state index contributed by atoms with van der Waals surface area (Å²) >= 11 is 0. The van der Waals surface area contributed by atoms with Gasteiger partial charge in [-0.05, 0) is 40.0 Å². The Kier molecular flexibility index (Phi) is 4.74. The smallest absolute Gasteiger partial charge is 0.220 e. The van der Waals surface area contributed by atoms with Crippen molar-refractivity contribution < 1.29 is 14.6 Å². The van der Waals surface area contributed by atoms with Gasteiger partial charge in [0.15, 0.2) is 0 Å². The molecule has 2 N–H and O–H groups in total. The number of rotatable bonds is 5. The van der Waals surface area contributed by atoms with Crippen LogP contribution in [0.25, 0.3) is 0 Å². The molecule has 1 amide bonds. The first-order valence-corrected chi connectivity index (χ1v) is 6.02. The average Bonchev–Trinajstić information content (AvgIpc) is 2.66. The van der Waals surface area contributed by atoms with Gasteiger partial charge in [-0.2, -0.15) is 0 Å². The van der Waals surface area contributed by atoms with Crippen molar-refractivity contribution in [2.75, 3.05) is 6.61 Å². The minimum atomic E-state index is -0.562. The van der Waals surface area contributed by atoms with Crippen molar-refractivity contribution in [3.05, 3.63) is 0 Å². The second-order valence-corrected chi connectivity index (χ2v) is 5.12. The van der Waals surface area contributed by atoms with Crippen LogP contribution >= 0.6 is 0 Å². The number of hydrogen-bond acceptors (Lipinski definition) is 3. The Bertz CT molecular complexity index is 232. The van der Waals surface area contributed by atoms with Gasteiger partial charge in [0.1, 0.15) is 0 Å². The molecule has 0 aromatic heterocycles. The van der Waals surface area contributed by atoms with Crippen LogP contribution in [0.4, 0.5) is 0 Å².